The minimum absolute atomic E-state index is 0.0166. The smallest absolute Gasteiger partial charge is 0.189 e. The summed E-state index contributed by atoms with van der Waals surface area (Å²) in [6.45, 7) is 1.80. The van der Waals surface area contributed by atoms with E-state index in [-0.39, 0.29) is 5.78 Å². The molecule has 0 unspecified atom stereocenters. The number of nitrogens with one attached hydrogen (secondary N) is 1. The normalized spacial score (nSPS) is 15.6. The number of rotatable bonds is 4. The minimum atomic E-state index is 0.0166. The second-order valence-electron chi connectivity index (χ2n) is 4.20. The lowest BCUT2D eigenvalue weighted by atomic mass is 10.2. The zero-order valence-corrected chi connectivity index (χ0v) is 11.9. The Morgan fingerprint density at radius 2 is 2.39 bits per heavy atom. The number of ketones is 1. The van der Waals surface area contributed by atoms with Crippen LogP contribution in [0.5, 0.6) is 0 Å². The van der Waals surface area contributed by atoms with Crippen LogP contribution in [0.15, 0.2) is 22.1 Å². The summed E-state index contributed by atoms with van der Waals surface area (Å²) >= 11 is 4.96. The first kappa shape index (κ1) is 12.0. The maximum Gasteiger partial charge on any atom is 0.189 e. The number of Topliss-reactive ketones (excluding diaryl/α,β-unsaturated/α-hetero) is 1. The molecule has 0 amide bonds. The van der Waals surface area contributed by atoms with Crippen LogP contribution in [0.3, 0.4) is 0 Å². The van der Waals surface area contributed by atoms with Gasteiger partial charge in [-0.15, -0.1) is 16.4 Å². The van der Waals surface area contributed by atoms with Crippen molar-refractivity contribution in [3.63, 3.8) is 0 Å². The number of halogens is 1. The molecule has 18 heavy (non-hydrogen) atoms. The lowest BCUT2D eigenvalue weighted by Crippen LogP contribution is -2.43. The molecule has 0 spiro atoms. The van der Waals surface area contributed by atoms with E-state index < -0.39 is 0 Å². The number of carbonyl (C=O) groups excluding carboxylic acids is 1. The fourth-order valence-electron chi connectivity index (χ4n) is 1.74. The van der Waals surface area contributed by atoms with E-state index in [1.54, 1.807) is 22.2 Å². The van der Waals surface area contributed by atoms with Gasteiger partial charge in [0.1, 0.15) is 5.69 Å². The van der Waals surface area contributed by atoms with Gasteiger partial charge in [-0.1, -0.05) is 5.21 Å². The SMILES string of the molecule is O=C(Cc1ccc(Br)s1)c1cn(C2CNC2)nn1. The van der Waals surface area contributed by atoms with Gasteiger partial charge in [-0.2, -0.15) is 0 Å². The van der Waals surface area contributed by atoms with E-state index in [1.807, 2.05) is 12.1 Å². The third-order valence-corrected chi connectivity index (χ3v) is 4.52. The fourth-order valence-corrected chi connectivity index (χ4v) is 3.22. The van der Waals surface area contributed by atoms with Crippen molar-refractivity contribution in [1.29, 1.82) is 0 Å². The predicted octanol–water partition coefficient (Wildman–Crippen LogP) is 1.67. The van der Waals surface area contributed by atoms with E-state index in [1.165, 1.54) is 0 Å². The summed E-state index contributed by atoms with van der Waals surface area (Å²) in [4.78, 5) is 13.1. The minimum Gasteiger partial charge on any atom is -0.312 e. The average Bonchev–Trinajstić information content (AvgIpc) is 2.86. The van der Waals surface area contributed by atoms with Gasteiger partial charge < -0.3 is 5.32 Å². The average molecular weight is 327 g/mol. The lowest BCUT2D eigenvalue weighted by Gasteiger charge is -2.26. The van der Waals surface area contributed by atoms with Crippen LogP contribution in [0.2, 0.25) is 0 Å². The van der Waals surface area contributed by atoms with Crippen molar-refractivity contribution in [3.8, 4) is 0 Å². The molecule has 2 aromatic rings. The van der Waals surface area contributed by atoms with Gasteiger partial charge in [0.05, 0.1) is 16.0 Å². The number of hydrogen-bond donors (Lipinski definition) is 1. The van der Waals surface area contributed by atoms with Crippen molar-refractivity contribution in [2.24, 2.45) is 0 Å². The summed E-state index contributed by atoms with van der Waals surface area (Å²) < 4.78 is 2.81. The van der Waals surface area contributed by atoms with Crippen molar-refractivity contribution in [2.45, 2.75) is 12.5 Å². The van der Waals surface area contributed by atoms with Crippen LogP contribution in [0.4, 0.5) is 0 Å². The summed E-state index contributed by atoms with van der Waals surface area (Å²) in [5.41, 5.74) is 0.450. The van der Waals surface area contributed by atoms with Crippen LogP contribution >= 0.6 is 27.3 Å². The maximum atomic E-state index is 12.0. The third kappa shape index (κ3) is 2.38. The quantitative estimate of drug-likeness (QED) is 0.868. The molecule has 3 heterocycles. The van der Waals surface area contributed by atoms with Crippen LogP contribution in [-0.4, -0.2) is 33.9 Å². The molecule has 0 aliphatic carbocycles. The monoisotopic (exact) mass is 326 g/mol. The molecule has 0 bridgehead atoms. The first-order valence-corrected chi connectivity index (χ1v) is 7.23. The molecule has 1 aliphatic heterocycles. The Bertz CT molecular complexity index is 575. The van der Waals surface area contributed by atoms with Crippen LogP contribution < -0.4 is 5.32 Å². The molecule has 1 saturated heterocycles. The number of carbonyl (C=O) groups is 1. The van der Waals surface area contributed by atoms with Crippen LogP contribution in [-0.2, 0) is 6.42 Å². The molecule has 3 rings (SSSR count). The largest absolute Gasteiger partial charge is 0.312 e. The fraction of sp³-hybridized carbons (Fsp3) is 0.364. The van der Waals surface area contributed by atoms with Gasteiger partial charge >= 0.3 is 0 Å². The van der Waals surface area contributed by atoms with E-state index in [4.69, 9.17) is 0 Å². The molecule has 5 nitrogen and oxygen atoms in total. The van der Waals surface area contributed by atoms with Crippen molar-refractivity contribution < 1.29 is 4.79 Å². The van der Waals surface area contributed by atoms with Gasteiger partial charge in [-0.05, 0) is 28.1 Å². The zero-order chi connectivity index (χ0) is 12.5. The second-order valence-corrected chi connectivity index (χ2v) is 6.75. The van der Waals surface area contributed by atoms with Crippen LogP contribution in [0.25, 0.3) is 0 Å². The summed E-state index contributed by atoms with van der Waals surface area (Å²) in [5.74, 6) is 0.0166. The standard InChI is InChI=1S/C11H11BrN4OS/c12-11-2-1-8(18-11)3-10(17)9-6-16(15-14-9)7-4-13-5-7/h1-2,6-7,13H,3-5H2. The first-order valence-electron chi connectivity index (χ1n) is 5.62. The summed E-state index contributed by atoms with van der Waals surface area (Å²) in [7, 11) is 0. The Morgan fingerprint density at radius 3 is 3.00 bits per heavy atom. The van der Waals surface area contributed by atoms with E-state index >= 15 is 0 Å². The first-order chi connectivity index (χ1) is 8.72. The van der Waals surface area contributed by atoms with Gasteiger partial charge in [-0.3, -0.25) is 4.79 Å². The summed E-state index contributed by atoms with van der Waals surface area (Å²) in [5, 5.41) is 11.1. The Kier molecular flexibility index (Phi) is 3.27. The van der Waals surface area contributed by atoms with Crippen LogP contribution in [0, 0.1) is 0 Å². The molecule has 1 N–H and O–H groups in total. The Hall–Kier alpha value is -1.05. The molecule has 94 valence electrons. The van der Waals surface area contributed by atoms with Gasteiger partial charge in [0.15, 0.2) is 5.78 Å². The lowest BCUT2D eigenvalue weighted by molar-refractivity contribution is 0.0989. The van der Waals surface area contributed by atoms with Gasteiger partial charge in [0, 0.05) is 24.4 Å². The Balaban J connectivity index is 1.70. The third-order valence-electron chi connectivity index (χ3n) is 2.89. The Morgan fingerprint density at radius 1 is 1.56 bits per heavy atom. The molecular weight excluding hydrogens is 316 g/mol. The van der Waals surface area contributed by atoms with Gasteiger partial charge in [0.2, 0.25) is 0 Å². The Labute approximate surface area is 116 Å². The molecule has 0 atom stereocenters. The molecule has 0 radical (unpaired) electrons. The molecule has 1 aliphatic rings. The molecular formula is C11H11BrN4OS. The number of aromatic nitrogens is 3. The highest BCUT2D eigenvalue weighted by Gasteiger charge is 2.21. The summed E-state index contributed by atoms with van der Waals surface area (Å²) in [6.07, 6.45) is 2.13. The highest BCUT2D eigenvalue weighted by atomic mass is 79.9. The van der Waals surface area contributed by atoms with Crippen LogP contribution in [0.1, 0.15) is 21.4 Å². The molecule has 2 aromatic heterocycles. The highest BCUT2D eigenvalue weighted by Crippen LogP contribution is 2.23. The molecule has 7 heteroatoms. The molecule has 0 aromatic carbocycles. The molecule has 1 fully saturated rings. The van der Waals surface area contributed by atoms with Gasteiger partial charge in [-0.25, -0.2) is 4.68 Å². The zero-order valence-electron chi connectivity index (χ0n) is 9.47. The van der Waals surface area contributed by atoms with Crippen molar-refractivity contribution in [3.05, 3.63) is 32.7 Å². The van der Waals surface area contributed by atoms with E-state index in [9.17, 15) is 4.79 Å². The van der Waals surface area contributed by atoms with E-state index in [0.717, 1.165) is 21.8 Å². The topological polar surface area (TPSA) is 59.8 Å². The van der Waals surface area contributed by atoms with Crippen molar-refractivity contribution >= 4 is 33.0 Å². The van der Waals surface area contributed by atoms with E-state index in [0.29, 0.717) is 18.2 Å². The second kappa shape index (κ2) is 4.91. The van der Waals surface area contributed by atoms with Crippen molar-refractivity contribution in [2.75, 3.05) is 13.1 Å². The number of thiophene rings is 1. The number of hydrogen-bond acceptors (Lipinski definition) is 5. The maximum absolute atomic E-state index is 12.0. The molecule has 0 saturated carbocycles. The van der Waals surface area contributed by atoms with E-state index in [2.05, 4.69) is 31.6 Å². The van der Waals surface area contributed by atoms with Crippen molar-refractivity contribution in [1.82, 2.24) is 20.3 Å². The summed E-state index contributed by atoms with van der Waals surface area (Å²) in [6, 6.07) is 4.24. The predicted molar refractivity (Wildman–Crippen MR) is 72.0 cm³/mol. The number of nitrogens with zero attached hydrogens (tertiary/aromatic N) is 3. The highest BCUT2D eigenvalue weighted by molar-refractivity contribution is 9.11. The van der Waals surface area contributed by atoms with Gasteiger partial charge in [0.25, 0.3) is 0 Å².